The largest absolute Gasteiger partial charge is 0.378 e. The van der Waals surface area contributed by atoms with E-state index >= 15 is 0 Å². The fraction of sp³-hybridized carbons (Fsp3) is 0.316. The number of hydrogen-bond donors (Lipinski definition) is 2. The van der Waals surface area contributed by atoms with Gasteiger partial charge < -0.3 is 15.1 Å². The van der Waals surface area contributed by atoms with E-state index in [0.717, 1.165) is 11.3 Å². The van der Waals surface area contributed by atoms with Crippen molar-refractivity contribution in [1.82, 2.24) is 5.32 Å². The van der Waals surface area contributed by atoms with Crippen molar-refractivity contribution < 1.29 is 14.6 Å². The first-order chi connectivity index (χ1) is 12.3. The summed E-state index contributed by atoms with van der Waals surface area (Å²) < 4.78 is 0. The summed E-state index contributed by atoms with van der Waals surface area (Å²) in [6.07, 6.45) is 0. The molecule has 0 heterocycles. The molecule has 0 bridgehead atoms. The number of carbonyl (C=O) groups is 1. The van der Waals surface area contributed by atoms with Crippen molar-refractivity contribution in [3.05, 3.63) is 69.8 Å². The number of rotatable bonds is 7. The SMILES string of the molecule is CN(C)c1ccc([C@H](CNC(=O)c2ccc([N+](=O)[O-])cc2)[NH+](C)C)cc1. The third kappa shape index (κ3) is 4.80. The van der Waals surface area contributed by atoms with Gasteiger partial charge in [0.1, 0.15) is 6.04 Å². The van der Waals surface area contributed by atoms with Gasteiger partial charge in [0.15, 0.2) is 0 Å². The first-order valence-corrected chi connectivity index (χ1v) is 8.39. The van der Waals surface area contributed by atoms with E-state index < -0.39 is 4.92 Å². The molecular weight excluding hydrogens is 332 g/mol. The standard InChI is InChI=1S/C19H24N4O3/c1-21(2)16-9-5-14(6-10-16)18(22(3)4)13-20-19(24)15-7-11-17(12-8-15)23(25)26/h5-12,18H,13H2,1-4H3,(H,20,24)/p+1/t18-/m0/s1. The summed E-state index contributed by atoms with van der Waals surface area (Å²) in [5, 5.41) is 13.6. The van der Waals surface area contributed by atoms with Crippen LogP contribution in [0.15, 0.2) is 48.5 Å². The van der Waals surface area contributed by atoms with E-state index in [1.807, 2.05) is 33.1 Å². The number of non-ortho nitro benzene ring substituents is 1. The Morgan fingerprint density at radius 2 is 1.69 bits per heavy atom. The molecule has 1 amide bonds. The number of nitrogens with one attached hydrogen (secondary N) is 2. The highest BCUT2D eigenvalue weighted by molar-refractivity contribution is 5.94. The molecule has 0 spiro atoms. The molecule has 0 aliphatic carbocycles. The second-order valence-corrected chi connectivity index (χ2v) is 6.63. The molecule has 2 rings (SSSR count). The van der Waals surface area contributed by atoms with Crippen molar-refractivity contribution in [1.29, 1.82) is 0 Å². The van der Waals surface area contributed by atoms with Gasteiger partial charge in [0.25, 0.3) is 11.6 Å². The zero-order chi connectivity index (χ0) is 19.3. The molecule has 26 heavy (non-hydrogen) atoms. The van der Waals surface area contributed by atoms with Crippen LogP contribution in [-0.4, -0.2) is 45.6 Å². The number of nitro benzene ring substituents is 1. The number of nitro groups is 1. The number of carbonyl (C=O) groups excluding carboxylic acids is 1. The Kier molecular flexibility index (Phi) is 6.30. The molecule has 7 heteroatoms. The number of amides is 1. The Hall–Kier alpha value is -2.93. The van der Waals surface area contributed by atoms with E-state index in [-0.39, 0.29) is 17.6 Å². The van der Waals surface area contributed by atoms with Crippen LogP contribution in [-0.2, 0) is 0 Å². The van der Waals surface area contributed by atoms with Crippen LogP contribution in [0.25, 0.3) is 0 Å². The van der Waals surface area contributed by atoms with Gasteiger partial charge in [0, 0.05) is 43.0 Å². The quantitative estimate of drug-likeness (QED) is 0.578. The maximum atomic E-state index is 12.3. The highest BCUT2D eigenvalue weighted by Gasteiger charge is 2.19. The van der Waals surface area contributed by atoms with Crippen LogP contribution in [0.4, 0.5) is 11.4 Å². The molecule has 0 aliphatic rings. The van der Waals surface area contributed by atoms with Gasteiger partial charge in [-0.05, 0) is 24.3 Å². The Labute approximate surface area is 153 Å². The second kappa shape index (κ2) is 8.44. The maximum Gasteiger partial charge on any atom is 0.269 e. The van der Waals surface area contributed by atoms with E-state index in [0.29, 0.717) is 12.1 Å². The lowest BCUT2D eigenvalue weighted by Crippen LogP contribution is -3.07. The Morgan fingerprint density at radius 3 is 2.15 bits per heavy atom. The number of benzene rings is 2. The molecule has 2 aromatic rings. The predicted octanol–water partition coefficient (Wildman–Crippen LogP) is 1.28. The zero-order valence-corrected chi connectivity index (χ0v) is 15.5. The highest BCUT2D eigenvalue weighted by Crippen LogP contribution is 2.16. The summed E-state index contributed by atoms with van der Waals surface area (Å²) in [5.74, 6) is -0.240. The molecule has 0 saturated heterocycles. The minimum Gasteiger partial charge on any atom is -0.378 e. The van der Waals surface area contributed by atoms with Gasteiger partial charge >= 0.3 is 0 Å². The molecule has 2 aromatic carbocycles. The van der Waals surface area contributed by atoms with Crippen LogP contribution >= 0.6 is 0 Å². The van der Waals surface area contributed by atoms with Gasteiger partial charge in [-0.3, -0.25) is 14.9 Å². The molecule has 0 fully saturated rings. The molecule has 138 valence electrons. The van der Waals surface area contributed by atoms with Crippen molar-refractivity contribution >= 4 is 17.3 Å². The van der Waals surface area contributed by atoms with Crippen LogP contribution < -0.4 is 15.1 Å². The van der Waals surface area contributed by atoms with Gasteiger partial charge in [-0.25, -0.2) is 0 Å². The van der Waals surface area contributed by atoms with Crippen molar-refractivity contribution in [3.8, 4) is 0 Å². The average molecular weight is 357 g/mol. The minimum atomic E-state index is -0.482. The van der Waals surface area contributed by atoms with E-state index in [2.05, 4.69) is 29.6 Å². The molecule has 0 radical (unpaired) electrons. The van der Waals surface area contributed by atoms with Crippen LogP contribution in [0.3, 0.4) is 0 Å². The van der Waals surface area contributed by atoms with Crippen molar-refractivity contribution in [2.24, 2.45) is 0 Å². The number of hydrogen-bond acceptors (Lipinski definition) is 4. The monoisotopic (exact) mass is 357 g/mol. The van der Waals surface area contributed by atoms with E-state index in [9.17, 15) is 14.9 Å². The zero-order valence-electron chi connectivity index (χ0n) is 15.5. The van der Waals surface area contributed by atoms with E-state index in [1.165, 1.54) is 29.2 Å². The van der Waals surface area contributed by atoms with Gasteiger partial charge in [-0.1, -0.05) is 12.1 Å². The molecule has 0 aromatic heterocycles. The Morgan fingerprint density at radius 1 is 1.12 bits per heavy atom. The number of quaternary nitrogens is 1. The van der Waals surface area contributed by atoms with Gasteiger partial charge in [0.2, 0.25) is 0 Å². The summed E-state index contributed by atoms with van der Waals surface area (Å²) in [5.41, 5.74) is 2.64. The Bertz CT molecular complexity index is 755. The smallest absolute Gasteiger partial charge is 0.269 e. The van der Waals surface area contributed by atoms with Crippen LogP contribution in [0.5, 0.6) is 0 Å². The van der Waals surface area contributed by atoms with Crippen molar-refractivity contribution in [2.45, 2.75) is 6.04 Å². The summed E-state index contributed by atoms with van der Waals surface area (Å²) >= 11 is 0. The predicted molar refractivity (Wildman–Crippen MR) is 102 cm³/mol. The summed E-state index contributed by atoms with van der Waals surface area (Å²) in [4.78, 5) is 25.8. The summed E-state index contributed by atoms with van der Waals surface area (Å²) in [7, 11) is 8.08. The third-order valence-corrected chi connectivity index (χ3v) is 4.32. The fourth-order valence-corrected chi connectivity index (χ4v) is 2.69. The van der Waals surface area contributed by atoms with E-state index in [4.69, 9.17) is 0 Å². The van der Waals surface area contributed by atoms with E-state index in [1.54, 1.807) is 0 Å². The van der Waals surface area contributed by atoms with Crippen LogP contribution in [0.1, 0.15) is 22.0 Å². The number of likely N-dealkylation sites (N-methyl/N-ethyl adjacent to an activating group) is 1. The third-order valence-electron chi connectivity index (χ3n) is 4.32. The molecule has 2 N–H and O–H groups in total. The van der Waals surface area contributed by atoms with Gasteiger partial charge in [-0.15, -0.1) is 0 Å². The second-order valence-electron chi connectivity index (χ2n) is 6.63. The fourth-order valence-electron chi connectivity index (χ4n) is 2.69. The first kappa shape index (κ1) is 19.4. The number of anilines is 1. The molecule has 1 atom stereocenters. The molecule has 7 nitrogen and oxygen atoms in total. The lowest BCUT2D eigenvalue weighted by molar-refractivity contribution is -0.890. The average Bonchev–Trinajstić information content (AvgIpc) is 2.62. The first-order valence-electron chi connectivity index (χ1n) is 8.39. The van der Waals surface area contributed by atoms with Gasteiger partial charge in [-0.2, -0.15) is 0 Å². The molecular formula is C19H25N4O3+. The van der Waals surface area contributed by atoms with Crippen LogP contribution in [0.2, 0.25) is 0 Å². The molecule has 0 unspecified atom stereocenters. The maximum absolute atomic E-state index is 12.3. The lowest BCUT2D eigenvalue weighted by atomic mass is 10.0. The molecule has 0 aliphatic heterocycles. The number of nitrogens with zero attached hydrogens (tertiary/aromatic N) is 2. The minimum absolute atomic E-state index is 0.0295. The Balaban J connectivity index is 2.05. The molecule has 0 saturated carbocycles. The van der Waals surface area contributed by atoms with Gasteiger partial charge in [0.05, 0.1) is 25.6 Å². The van der Waals surface area contributed by atoms with Crippen LogP contribution in [0, 0.1) is 10.1 Å². The normalized spacial score (nSPS) is 11.9. The summed E-state index contributed by atoms with van der Waals surface area (Å²) in [6, 6.07) is 14.0. The summed E-state index contributed by atoms with van der Waals surface area (Å²) in [6.45, 7) is 0.472. The van der Waals surface area contributed by atoms with Crippen molar-refractivity contribution in [2.75, 3.05) is 39.6 Å². The van der Waals surface area contributed by atoms with Crippen molar-refractivity contribution in [3.63, 3.8) is 0 Å². The topological polar surface area (TPSA) is 79.9 Å². The lowest BCUT2D eigenvalue weighted by Gasteiger charge is -2.23. The highest BCUT2D eigenvalue weighted by atomic mass is 16.6.